The van der Waals surface area contributed by atoms with Crippen molar-refractivity contribution in [2.45, 2.75) is 0 Å². The summed E-state index contributed by atoms with van der Waals surface area (Å²) in [6, 6.07) is 55.7. The molecule has 4 aromatic carbocycles. The minimum atomic E-state index is 0. The molecule has 0 spiro atoms. The van der Waals surface area contributed by atoms with E-state index in [-0.39, 0.29) is 20.1 Å². The second-order valence-corrected chi connectivity index (χ2v) is 10.5. The molecule has 0 saturated heterocycles. The first-order chi connectivity index (χ1) is 21.3. The SMILES string of the molecule is [Ir+3].[c-]1cc2sc3ccccc3c2cc1-c1ccccn1.[c-]1ccccc1-c1ccccn1.[c-]1ccccc1-c1ccccn1. The number of aromatic nitrogens is 3. The van der Waals surface area contributed by atoms with E-state index in [9.17, 15) is 0 Å². The fourth-order valence-corrected chi connectivity index (χ4v) is 5.56. The average Bonchev–Trinajstić information content (AvgIpc) is 3.49. The van der Waals surface area contributed by atoms with Crippen LogP contribution in [0.15, 0.2) is 158 Å². The molecule has 0 unspecified atom stereocenters. The maximum atomic E-state index is 4.39. The maximum absolute atomic E-state index is 4.39. The summed E-state index contributed by atoms with van der Waals surface area (Å²) >= 11 is 1.81. The van der Waals surface area contributed by atoms with Crippen LogP contribution in [0.4, 0.5) is 0 Å². The van der Waals surface area contributed by atoms with E-state index >= 15 is 0 Å². The van der Waals surface area contributed by atoms with Crippen LogP contribution >= 0.6 is 11.3 Å². The first-order valence-electron chi connectivity index (χ1n) is 13.9. The second-order valence-electron chi connectivity index (χ2n) is 9.42. The number of fused-ring (bicyclic) bond motifs is 3. The van der Waals surface area contributed by atoms with Crippen molar-refractivity contribution in [2.75, 3.05) is 0 Å². The van der Waals surface area contributed by atoms with Gasteiger partial charge in [-0.1, -0.05) is 60.0 Å². The van der Waals surface area contributed by atoms with E-state index in [1.54, 1.807) is 12.4 Å². The van der Waals surface area contributed by atoms with Gasteiger partial charge in [-0.25, -0.2) is 0 Å². The van der Waals surface area contributed by atoms with Crippen molar-refractivity contribution in [1.82, 2.24) is 15.0 Å². The zero-order chi connectivity index (χ0) is 29.1. The number of thiophene rings is 1. The van der Waals surface area contributed by atoms with E-state index in [1.807, 2.05) is 121 Å². The van der Waals surface area contributed by atoms with Crippen molar-refractivity contribution in [1.29, 1.82) is 0 Å². The van der Waals surface area contributed by atoms with Crippen LogP contribution in [-0.2, 0) is 20.1 Å². The molecule has 4 aromatic heterocycles. The molecule has 5 heteroatoms. The monoisotopic (exact) mass is 761 g/mol. The van der Waals surface area contributed by atoms with Crippen LogP contribution in [0.5, 0.6) is 0 Å². The summed E-state index contributed by atoms with van der Waals surface area (Å²) < 4.78 is 2.60. The third kappa shape index (κ3) is 7.77. The van der Waals surface area contributed by atoms with Gasteiger partial charge in [0.25, 0.3) is 0 Å². The number of pyridine rings is 3. The first kappa shape index (κ1) is 30.7. The minimum Gasteiger partial charge on any atom is -0.305 e. The molecule has 0 aliphatic heterocycles. The Morgan fingerprint density at radius 1 is 0.432 bits per heavy atom. The van der Waals surface area contributed by atoms with Gasteiger partial charge in [0.15, 0.2) is 0 Å². The third-order valence-corrected chi connectivity index (χ3v) is 7.68. The number of benzene rings is 4. The minimum absolute atomic E-state index is 0. The molecule has 0 saturated carbocycles. The van der Waals surface area contributed by atoms with Gasteiger partial charge in [0.05, 0.1) is 0 Å². The van der Waals surface area contributed by atoms with E-state index in [0.717, 1.165) is 33.8 Å². The fraction of sp³-hybridized carbons (Fsp3) is 0. The summed E-state index contributed by atoms with van der Waals surface area (Å²) in [4.78, 5) is 12.8. The number of nitrogens with zero attached hydrogens (tertiary/aromatic N) is 3. The number of hydrogen-bond donors (Lipinski definition) is 0. The Morgan fingerprint density at radius 3 is 1.43 bits per heavy atom. The molecule has 0 atom stereocenters. The summed E-state index contributed by atoms with van der Waals surface area (Å²) in [5.41, 5.74) is 6.05. The van der Waals surface area contributed by atoms with Gasteiger partial charge in [-0.05, 0) is 51.4 Å². The molecule has 4 heterocycles. The van der Waals surface area contributed by atoms with Gasteiger partial charge in [0.2, 0.25) is 0 Å². The molecule has 8 rings (SSSR count). The standard InChI is InChI=1S/C17H10NS.2C11H8N.Ir/c1-2-7-16-13(5-1)14-11-12(8-9-17(14)19-16)15-6-3-4-10-18-15;2*1-2-6-10(7-3-1)11-8-4-5-9-12-11;/h1-7,9-11H;2*1-6,8-9H;/q3*-1;+3. The van der Waals surface area contributed by atoms with Crippen molar-refractivity contribution in [3.8, 4) is 33.8 Å². The topological polar surface area (TPSA) is 38.7 Å². The summed E-state index contributed by atoms with van der Waals surface area (Å²) in [6.45, 7) is 0. The molecule has 0 amide bonds. The molecule has 8 aromatic rings. The Hall–Kier alpha value is -4.80. The van der Waals surface area contributed by atoms with Gasteiger partial charge in [-0.15, -0.1) is 95.6 Å². The summed E-state index contributed by atoms with van der Waals surface area (Å²) in [6.07, 6.45) is 5.39. The zero-order valence-corrected chi connectivity index (χ0v) is 26.8. The first-order valence-corrected chi connectivity index (χ1v) is 14.7. The van der Waals surface area contributed by atoms with Gasteiger partial charge in [-0.2, -0.15) is 11.3 Å². The molecule has 0 bridgehead atoms. The van der Waals surface area contributed by atoms with Gasteiger partial charge in [0.1, 0.15) is 0 Å². The third-order valence-electron chi connectivity index (χ3n) is 6.55. The Balaban J connectivity index is 0.000000135. The molecule has 0 aliphatic rings. The van der Waals surface area contributed by atoms with Gasteiger partial charge in [0, 0.05) is 23.3 Å². The zero-order valence-electron chi connectivity index (χ0n) is 23.6. The van der Waals surface area contributed by atoms with E-state index < -0.39 is 0 Å². The Kier molecular flexibility index (Phi) is 10.9. The molecular formula is C39H26IrN3S. The van der Waals surface area contributed by atoms with Crippen molar-refractivity contribution in [2.24, 2.45) is 0 Å². The predicted octanol–water partition coefficient (Wildman–Crippen LogP) is 10.0. The Bertz CT molecular complexity index is 1850. The van der Waals surface area contributed by atoms with Crippen molar-refractivity contribution >= 4 is 31.5 Å². The maximum Gasteiger partial charge on any atom is 3.00 e. The van der Waals surface area contributed by atoms with Crippen LogP contribution in [0.1, 0.15) is 0 Å². The van der Waals surface area contributed by atoms with Gasteiger partial charge >= 0.3 is 20.1 Å². The summed E-state index contributed by atoms with van der Waals surface area (Å²) in [7, 11) is 0. The molecular weight excluding hydrogens is 735 g/mol. The molecule has 3 nitrogen and oxygen atoms in total. The van der Waals surface area contributed by atoms with Crippen LogP contribution in [0.25, 0.3) is 53.9 Å². The Labute approximate surface area is 275 Å². The molecule has 0 fully saturated rings. The normalized spacial score (nSPS) is 10.1. The Morgan fingerprint density at radius 2 is 0.932 bits per heavy atom. The van der Waals surface area contributed by atoms with Crippen LogP contribution in [0.3, 0.4) is 0 Å². The molecule has 212 valence electrons. The average molecular weight is 761 g/mol. The fourth-order valence-electron chi connectivity index (χ4n) is 4.49. The summed E-state index contributed by atoms with van der Waals surface area (Å²) in [5, 5.41) is 2.61. The second kappa shape index (κ2) is 15.6. The number of rotatable bonds is 3. The van der Waals surface area contributed by atoms with Gasteiger partial charge < -0.3 is 15.0 Å². The van der Waals surface area contributed by atoms with E-state index in [4.69, 9.17) is 0 Å². The molecule has 0 N–H and O–H groups in total. The predicted molar refractivity (Wildman–Crippen MR) is 178 cm³/mol. The van der Waals surface area contributed by atoms with Crippen molar-refractivity contribution in [3.05, 3.63) is 176 Å². The van der Waals surface area contributed by atoms with Crippen molar-refractivity contribution < 1.29 is 20.1 Å². The largest absolute Gasteiger partial charge is 3.00 e. The van der Waals surface area contributed by atoms with Crippen LogP contribution in [-0.4, -0.2) is 15.0 Å². The van der Waals surface area contributed by atoms with Crippen LogP contribution in [0, 0.1) is 18.2 Å². The van der Waals surface area contributed by atoms with Crippen LogP contribution < -0.4 is 0 Å². The smallest absolute Gasteiger partial charge is 0.305 e. The van der Waals surface area contributed by atoms with E-state index in [0.29, 0.717) is 0 Å². The molecule has 44 heavy (non-hydrogen) atoms. The van der Waals surface area contributed by atoms with E-state index in [2.05, 4.69) is 69.5 Å². The molecule has 0 aliphatic carbocycles. The van der Waals surface area contributed by atoms with E-state index in [1.165, 1.54) is 20.2 Å². The molecule has 0 radical (unpaired) electrons. The summed E-state index contributed by atoms with van der Waals surface area (Å²) in [5.74, 6) is 0. The van der Waals surface area contributed by atoms with Crippen molar-refractivity contribution in [3.63, 3.8) is 0 Å². The van der Waals surface area contributed by atoms with Crippen LogP contribution in [0.2, 0.25) is 0 Å². The van der Waals surface area contributed by atoms with Gasteiger partial charge in [-0.3, -0.25) is 0 Å². The quantitative estimate of drug-likeness (QED) is 0.168. The number of hydrogen-bond acceptors (Lipinski definition) is 4.